The highest BCUT2D eigenvalue weighted by molar-refractivity contribution is 5.96. The van der Waals surface area contributed by atoms with E-state index in [0.29, 0.717) is 12.0 Å². The highest BCUT2D eigenvalue weighted by atomic mass is 19.1. The van der Waals surface area contributed by atoms with Crippen LogP contribution in [0.5, 0.6) is 0 Å². The van der Waals surface area contributed by atoms with E-state index in [9.17, 15) is 9.18 Å². The van der Waals surface area contributed by atoms with Crippen LogP contribution in [-0.2, 0) is 0 Å². The molecule has 0 fully saturated rings. The first-order valence-corrected chi connectivity index (χ1v) is 5.58. The molecular formula is C14H19FO. The standard InChI is InChI=1S/C14H19FO/c1-10-7-11(9-12(15)8-10)13(16)5-6-14(2,3)4/h7-9H,5-6H2,1-4H3. The highest BCUT2D eigenvalue weighted by Crippen LogP contribution is 2.22. The van der Waals surface area contributed by atoms with Gasteiger partial charge in [0.1, 0.15) is 5.82 Å². The summed E-state index contributed by atoms with van der Waals surface area (Å²) in [6.07, 6.45) is 1.30. The van der Waals surface area contributed by atoms with Gasteiger partial charge in [-0.15, -0.1) is 0 Å². The normalized spacial score (nSPS) is 11.6. The van der Waals surface area contributed by atoms with Crippen molar-refractivity contribution >= 4 is 5.78 Å². The van der Waals surface area contributed by atoms with Crippen molar-refractivity contribution in [1.82, 2.24) is 0 Å². The van der Waals surface area contributed by atoms with Crippen molar-refractivity contribution < 1.29 is 9.18 Å². The van der Waals surface area contributed by atoms with Crippen LogP contribution >= 0.6 is 0 Å². The molecule has 0 aliphatic heterocycles. The van der Waals surface area contributed by atoms with Crippen molar-refractivity contribution in [3.8, 4) is 0 Å². The molecule has 1 aromatic carbocycles. The summed E-state index contributed by atoms with van der Waals surface area (Å²) in [6.45, 7) is 8.08. The quantitative estimate of drug-likeness (QED) is 0.702. The Morgan fingerprint density at radius 3 is 2.38 bits per heavy atom. The first kappa shape index (κ1) is 12.9. The van der Waals surface area contributed by atoms with Gasteiger partial charge in [0, 0.05) is 12.0 Å². The second kappa shape index (κ2) is 4.77. The van der Waals surface area contributed by atoms with E-state index in [2.05, 4.69) is 20.8 Å². The molecule has 0 aliphatic carbocycles. The number of hydrogen-bond donors (Lipinski definition) is 0. The summed E-state index contributed by atoms with van der Waals surface area (Å²) in [5.74, 6) is -0.309. The van der Waals surface area contributed by atoms with Crippen LogP contribution in [0.4, 0.5) is 4.39 Å². The fourth-order valence-corrected chi connectivity index (χ4v) is 1.53. The average molecular weight is 222 g/mol. The maximum absolute atomic E-state index is 13.1. The lowest BCUT2D eigenvalue weighted by atomic mass is 9.88. The Labute approximate surface area is 96.7 Å². The zero-order valence-corrected chi connectivity index (χ0v) is 10.4. The number of rotatable bonds is 3. The average Bonchev–Trinajstić information content (AvgIpc) is 2.11. The van der Waals surface area contributed by atoms with Crippen LogP contribution in [0.3, 0.4) is 0 Å². The van der Waals surface area contributed by atoms with Crippen LogP contribution < -0.4 is 0 Å². The predicted octanol–water partition coefficient (Wildman–Crippen LogP) is 4.14. The Morgan fingerprint density at radius 2 is 1.88 bits per heavy atom. The summed E-state index contributed by atoms with van der Waals surface area (Å²) in [5, 5.41) is 0. The van der Waals surface area contributed by atoms with Crippen LogP contribution in [0.2, 0.25) is 0 Å². The molecule has 0 atom stereocenters. The molecule has 0 radical (unpaired) electrons. The van der Waals surface area contributed by atoms with Gasteiger partial charge >= 0.3 is 0 Å². The Hall–Kier alpha value is -1.18. The topological polar surface area (TPSA) is 17.1 Å². The number of Topliss-reactive ketones (excluding diaryl/α,β-unsaturated/α-hetero) is 1. The Bertz CT molecular complexity index is 368. The van der Waals surface area contributed by atoms with Crippen LogP contribution in [0.1, 0.15) is 49.5 Å². The number of carbonyl (C=O) groups excluding carboxylic acids is 1. The number of halogens is 1. The van der Waals surface area contributed by atoms with Gasteiger partial charge in [-0.1, -0.05) is 20.8 Å². The van der Waals surface area contributed by atoms with Crippen molar-refractivity contribution in [3.05, 3.63) is 35.1 Å². The molecule has 0 amide bonds. The molecule has 1 aromatic rings. The van der Waals surface area contributed by atoms with Crippen molar-refractivity contribution in [2.24, 2.45) is 5.41 Å². The summed E-state index contributed by atoms with van der Waals surface area (Å²) >= 11 is 0. The highest BCUT2D eigenvalue weighted by Gasteiger charge is 2.14. The first-order chi connectivity index (χ1) is 7.28. The number of ketones is 1. The molecule has 1 rings (SSSR count). The van der Waals surface area contributed by atoms with Gasteiger partial charge in [-0.25, -0.2) is 4.39 Å². The smallest absolute Gasteiger partial charge is 0.163 e. The summed E-state index contributed by atoms with van der Waals surface area (Å²) in [6, 6.07) is 4.49. The third kappa shape index (κ3) is 4.13. The largest absolute Gasteiger partial charge is 0.294 e. The van der Waals surface area contributed by atoms with E-state index in [1.807, 2.05) is 0 Å². The molecule has 0 saturated heterocycles. The maximum atomic E-state index is 13.1. The van der Waals surface area contributed by atoms with Crippen molar-refractivity contribution in [1.29, 1.82) is 0 Å². The molecule has 0 bridgehead atoms. The molecule has 88 valence electrons. The Morgan fingerprint density at radius 1 is 1.25 bits per heavy atom. The van der Waals surface area contributed by atoms with E-state index in [4.69, 9.17) is 0 Å². The van der Waals surface area contributed by atoms with Gasteiger partial charge in [0.25, 0.3) is 0 Å². The predicted molar refractivity (Wildman–Crippen MR) is 64.2 cm³/mol. The minimum absolute atomic E-state index is 0.0255. The number of aryl methyl sites for hydroxylation is 1. The number of hydrogen-bond acceptors (Lipinski definition) is 1. The minimum atomic E-state index is -0.334. The lowest BCUT2D eigenvalue weighted by Crippen LogP contribution is -2.09. The van der Waals surface area contributed by atoms with Gasteiger partial charge in [-0.05, 0) is 42.5 Å². The molecule has 16 heavy (non-hydrogen) atoms. The van der Waals surface area contributed by atoms with Crippen LogP contribution in [0, 0.1) is 18.2 Å². The van der Waals surface area contributed by atoms with Crippen LogP contribution in [-0.4, -0.2) is 5.78 Å². The molecule has 1 nitrogen and oxygen atoms in total. The third-order valence-electron chi connectivity index (χ3n) is 2.47. The fraction of sp³-hybridized carbons (Fsp3) is 0.500. The molecule has 0 aromatic heterocycles. The van der Waals surface area contributed by atoms with Gasteiger partial charge in [0.15, 0.2) is 5.78 Å². The van der Waals surface area contributed by atoms with Gasteiger partial charge in [0.05, 0.1) is 0 Å². The summed E-state index contributed by atoms with van der Waals surface area (Å²) in [7, 11) is 0. The van der Waals surface area contributed by atoms with E-state index < -0.39 is 0 Å². The fourth-order valence-electron chi connectivity index (χ4n) is 1.53. The first-order valence-electron chi connectivity index (χ1n) is 5.58. The van der Waals surface area contributed by atoms with Crippen LogP contribution in [0.15, 0.2) is 18.2 Å². The molecule has 0 aliphatic rings. The summed E-state index contributed by atoms with van der Waals surface area (Å²) in [4.78, 5) is 11.8. The lowest BCUT2D eigenvalue weighted by molar-refractivity contribution is 0.0965. The molecule has 0 heterocycles. The van der Waals surface area contributed by atoms with E-state index in [-0.39, 0.29) is 17.0 Å². The summed E-state index contributed by atoms with van der Waals surface area (Å²) in [5.41, 5.74) is 1.42. The molecule has 2 heteroatoms. The third-order valence-corrected chi connectivity index (χ3v) is 2.47. The lowest BCUT2D eigenvalue weighted by Gasteiger charge is -2.17. The van der Waals surface area contributed by atoms with Crippen LogP contribution in [0.25, 0.3) is 0 Å². The van der Waals surface area contributed by atoms with Gasteiger partial charge in [0.2, 0.25) is 0 Å². The zero-order chi connectivity index (χ0) is 12.3. The molecular weight excluding hydrogens is 203 g/mol. The second-order valence-electron chi connectivity index (χ2n) is 5.50. The SMILES string of the molecule is Cc1cc(F)cc(C(=O)CCC(C)(C)C)c1. The monoisotopic (exact) mass is 222 g/mol. The number of benzene rings is 1. The van der Waals surface area contributed by atoms with Gasteiger partial charge in [-0.3, -0.25) is 4.79 Å². The van der Waals surface area contributed by atoms with E-state index in [0.717, 1.165) is 12.0 Å². The second-order valence-corrected chi connectivity index (χ2v) is 5.50. The van der Waals surface area contributed by atoms with E-state index >= 15 is 0 Å². The van der Waals surface area contributed by atoms with E-state index in [1.165, 1.54) is 12.1 Å². The Kier molecular flexibility index (Phi) is 3.84. The maximum Gasteiger partial charge on any atom is 0.163 e. The van der Waals surface area contributed by atoms with Gasteiger partial charge in [-0.2, -0.15) is 0 Å². The zero-order valence-electron chi connectivity index (χ0n) is 10.4. The minimum Gasteiger partial charge on any atom is -0.294 e. The van der Waals surface area contributed by atoms with E-state index in [1.54, 1.807) is 13.0 Å². The molecule has 0 unspecified atom stereocenters. The molecule has 0 saturated carbocycles. The van der Waals surface area contributed by atoms with Crippen molar-refractivity contribution in [2.45, 2.75) is 40.5 Å². The van der Waals surface area contributed by atoms with Crippen molar-refractivity contribution in [3.63, 3.8) is 0 Å². The Balaban J connectivity index is 2.73. The molecule has 0 spiro atoms. The van der Waals surface area contributed by atoms with Crippen molar-refractivity contribution in [2.75, 3.05) is 0 Å². The number of carbonyl (C=O) groups is 1. The summed E-state index contributed by atoms with van der Waals surface area (Å²) < 4.78 is 13.1. The molecule has 0 N–H and O–H groups in total. The van der Waals surface area contributed by atoms with Gasteiger partial charge < -0.3 is 0 Å².